The van der Waals surface area contributed by atoms with Crippen molar-refractivity contribution in [3.05, 3.63) is 58.1 Å². The van der Waals surface area contributed by atoms with Crippen LogP contribution in [0.4, 0.5) is 11.4 Å². The van der Waals surface area contributed by atoms with Gasteiger partial charge < -0.3 is 10.2 Å². The van der Waals surface area contributed by atoms with Crippen LogP contribution in [0.25, 0.3) is 0 Å². The number of fused-ring (bicyclic) bond motifs is 2. The number of benzene rings is 2. The van der Waals surface area contributed by atoms with Crippen LogP contribution in [0.3, 0.4) is 0 Å². The highest BCUT2D eigenvalue weighted by molar-refractivity contribution is 6.30. The van der Waals surface area contributed by atoms with Crippen molar-refractivity contribution in [2.24, 2.45) is 10.9 Å². The third-order valence-corrected chi connectivity index (χ3v) is 5.99. The fraction of sp³-hybridized carbons (Fsp3) is 0.348. The molecule has 1 heterocycles. The number of amides is 2. The second-order valence-electron chi connectivity index (χ2n) is 7.80. The molecule has 4 rings (SSSR count). The molecule has 1 atom stereocenters. The minimum Gasteiger partial charge on any atom is -0.350 e. The van der Waals surface area contributed by atoms with Gasteiger partial charge in [-0.15, -0.1) is 0 Å². The van der Waals surface area contributed by atoms with E-state index in [2.05, 4.69) is 5.32 Å². The molecule has 2 aromatic carbocycles. The van der Waals surface area contributed by atoms with Crippen molar-refractivity contribution in [2.45, 2.75) is 39.7 Å². The molecular formula is C23H24ClN3O2. The van der Waals surface area contributed by atoms with Gasteiger partial charge in [-0.1, -0.05) is 23.7 Å². The summed E-state index contributed by atoms with van der Waals surface area (Å²) in [4.78, 5) is 32.4. The molecule has 1 N–H and O–H groups in total. The summed E-state index contributed by atoms with van der Waals surface area (Å²) in [6.07, 6.45) is 2.61. The molecule has 0 bridgehead atoms. The van der Waals surface area contributed by atoms with Crippen molar-refractivity contribution >= 4 is 40.5 Å². The van der Waals surface area contributed by atoms with Gasteiger partial charge in [-0.3, -0.25) is 14.6 Å². The highest BCUT2D eigenvalue weighted by Crippen LogP contribution is 2.39. The molecule has 2 aromatic rings. The van der Waals surface area contributed by atoms with Gasteiger partial charge in [0.1, 0.15) is 6.54 Å². The Hall–Kier alpha value is -2.66. The fourth-order valence-corrected chi connectivity index (χ4v) is 4.07. The lowest BCUT2D eigenvalue weighted by Crippen LogP contribution is -2.43. The molecular weight excluding hydrogens is 386 g/mol. The Labute approximate surface area is 175 Å². The van der Waals surface area contributed by atoms with Gasteiger partial charge in [0.25, 0.3) is 0 Å². The molecule has 1 unspecified atom stereocenters. The van der Waals surface area contributed by atoms with Gasteiger partial charge in [-0.2, -0.15) is 0 Å². The molecule has 0 spiro atoms. The van der Waals surface area contributed by atoms with Crippen LogP contribution in [0.5, 0.6) is 0 Å². The summed E-state index contributed by atoms with van der Waals surface area (Å²) in [5.41, 5.74) is 5.62. The summed E-state index contributed by atoms with van der Waals surface area (Å²) >= 11 is 5.91. The Balaban J connectivity index is 1.57. The quantitative estimate of drug-likeness (QED) is 0.808. The Morgan fingerprint density at radius 1 is 1.21 bits per heavy atom. The maximum Gasteiger partial charge on any atom is 0.240 e. The highest BCUT2D eigenvalue weighted by Gasteiger charge is 2.37. The van der Waals surface area contributed by atoms with Crippen molar-refractivity contribution in [1.82, 2.24) is 5.32 Å². The van der Waals surface area contributed by atoms with Gasteiger partial charge in [0, 0.05) is 17.3 Å². The number of nitrogens with one attached hydrogen (secondary N) is 1. The topological polar surface area (TPSA) is 61.8 Å². The predicted molar refractivity (Wildman–Crippen MR) is 116 cm³/mol. The second-order valence-corrected chi connectivity index (χ2v) is 8.24. The van der Waals surface area contributed by atoms with Crippen LogP contribution in [0.1, 0.15) is 36.0 Å². The first-order valence-corrected chi connectivity index (χ1v) is 10.3. The molecule has 5 nitrogen and oxygen atoms in total. The van der Waals surface area contributed by atoms with Gasteiger partial charge in [-0.05, 0) is 74.1 Å². The van der Waals surface area contributed by atoms with Crippen molar-refractivity contribution in [3.63, 3.8) is 0 Å². The molecule has 29 heavy (non-hydrogen) atoms. The summed E-state index contributed by atoms with van der Waals surface area (Å²) < 4.78 is 0. The van der Waals surface area contributed by atoms with Gasteiger partial charge in [-0.25, -0.2) is 0 Å². The van der Waals surface area contributed by atoms with Gasteiger partial charge >= 0.3 is 0 Å². The van der Waals surface area contributed by atoms with E-state index in [1.54, 1.807) is 17.0 Å². The van der Waals surface area contributed by atoms with Gasteiger partial charge in [0.15, 0.2) is 0 Å². The molecule has 1 fully saturated rings. The number of hydrogen-bond acceptors (Lipinski definition) is 3. The molecule has 0 saturated heterocycles. The molecule has 1 saturated carbocycles. The number of carbonyl (C=O) groups excluding carboxylic acids is 2. The molecule has 0 radical (unpaired) electrons. The molecule has 1 aliphatic heterocycles. The Morgan fingerprint density at radius 2 is 1.93 bits per heavy atom. The first kappa shape index (κ1) is 19.6. The number of nitrogens with zero attached hydrogens (tertiary/aromatic N) is 2. The van der Waals surface area contributed by atoms with Gasteiger partial charge in [0.2, 0.25) is 11.8 Å². The normalized spacial score (nSPS) is 18.0. The van der Waals surface area contributed by atoms with E-state index in [1.165, 1.54) is 0 Å². The van der Waals surface area contributed by atoms with E-state index >= 15 is 0 Å². The van der Waals surface area contributed by atoms with E-state index in [0.717, 1.165) is 53.0 Å². The summed E-state index contributed by atoms with van der Waals surface area (Å²) in [6.45, 7) is 4.43. The van der Waals surface area contributed by atoms with E-state index in [9.17, 15) is 9.59 Å². The number of rotatable bonds is 4. The number of halogens is 1. The number of anilines is 1. The highest BCUT2D eigenvalue weighted by atomic mass is 35.5. The first-order valence-electron chi connectivity index (χ1n) is 9.93. The molecule has 150 valence electrons. The largest absolute Gasteiger partial charge is 0.350 e. The van der Waals surface area contributed by atoms with Crippen LogP contribution in [-0.2, 0) is 16.1 Å². The Kier molecular flexibility index (Phi) is 5.41. The van der Waals surface area contributed by atoms with E-state index in [0.29, 0.717) is 11.6 Å². The van der Waals surface area contributed by atoms with Crippen LogP contribution >= 0.6 is 11.6 Å². The average Bonchev–Trinajstić information content (AvgIpc) is 3.12. The zero-order valence-corrected chi connectivity index (χ0v) is 17.4. The summed E-state index contributed by atoms with van der Waals surface area (Å²) in [7, 11) is 0. The smallest absolute Gasteiger partial charge is 0.240 e. The lowest BCUT2D eigenvalue weighted by molar-refractivity contribution is -0.124. The lowest BCUT2D eigenvalue weighted by atomic mass is 10.0. The molecule has 2 amide bonds. The van der Waals surface area contributed by atoms with E-state index in [-0.39, 0.29) is 24.3 Å². The standard InChI is InChI=1S/C23H24ClN3O2/c1-14-10-20-21(11-15(14)2)27(23(29)18-4-3-5-19(18)26-20)13-22(28)25-12-16-6-8-17(24)9-7-16/h6-11,18H,3-5,12-13H2,1-2H3,(H,25,28). The molecule has 6 heteroatoms. The van der Waals surface area contributed by atoms with Crippen LogP contribution in [-0.4, -0.2) is 24.1 Å². The monoisotopic (exact) mass is 409 g/mol. The Bertz CT molecular complexity index is 998. The maximum atomic E-state index is 13.3. The van der Waals surface area contributed by atoms with Crippen molar-refractivity contribution in [3.8, 4) is 0 Å². The van der Waals surface area contributed by atoms with E-state index in [4.69, 9.17) is 16.6 Å². The maximum absolute atomic E-state index is 13.3. The molecule has 1 aliphatic carbocycles. The van der Waals surface area contributed by atoms with Gasteiger partial charge in [0.05, 0.1) is 17.3 Å². The zero-order chi connectivity index (χ0) is 20.5. The first-order chi connectivity index (χ1) is 13.9. The zero-order valence-electron chi connectivity index (χ0n) is 16.7. The molecule has 0 aromatic heterocycles. The summed E-state index contributed by atoms with van der Waals surface area (Å²) in [5, 5.41) is 3.57. The van der Waals surface area contributed by atoms with Crippen molar-refractivity contribution in [1.29, 1.82) is 0 Å². The number of hydrogen-bond donors (Lipinski definition) is 1. The third kappa shape index (κ3) is 4.06. The van der Waals surface area contributed by atoms with Crippen molar-refractivity contribution in [2.75, 3.05) is 11.4 Å². The van der Waals surface area contributed by atoms with Crippen LogP contribution in [0.15, 0.2) is 41.4 Å². The van der Waals surface area contributed by atoms with E-state index < -0.39 is 0 Å². The number of carbonyl (C=O) groups is 2. The predicted octanol–water partition coefficient (Wildman–Crippen LogP) is 4.49. The fourth-order valence-electron chi connectivity index (χ4n) is 3.95. The number of aryl methyl sites for hydroxylation is 2. The minimum absolute atomic E-state index is 0.0127. The lowest BCUT2D eigenvalue weighted by Gasteiger charge is -2.25. The third-order valence-electron chi connectivity index (χ3n) is 5.74. The minimum atomic E-state index is -0.216. The SMILES string of the molecule is Cc1cc2c(cc1C)N(CC(=O)NCc1ccc(Cl)cc1)C(=O)C1CCCC1=N2. The second kappa shape index (κ2) is 7.99. The summed E-state index contributed by atoms with van der Waals surface area (Å²) in [6, 6.07) is 11.3. The molecule has 2 aliphatic rings. The van der Waals surface area contributed by atoms with Crippen molar-refractivity contribution < 1.29 is 9.59 Å². The summed E-state index contributed by atoms with van der Waals surface area (Å²) in [5.74, 6) is -0.434. The van der Waals surface area contributed by atoms with Crippen LogP contribution in [0, 0.1) is 19.8 Å². The number of aliphatic imine (C=N–C) groups is 1. The van der Waals surface area contributed by atoms with Crippen LogP contribution < -0.4 is 10.2 Å². The van der Waals surface area contributed by atoms with Crippen LogP contribution in [0.2, 0.25) is 5.02 Å². The van der Waals surface area contributed by atoms with E-state index in [1.807, 2.05) is 38.1 Å². The average molecular weight is 410 g/mol. The Morgan fingerprint density at radius 3 is 2.69 bits per heavy atom.